The summed E-state index contributed by atoms with van der Waals surface area (Å²) in [5, 5.41) is 12.4. The maximum absolute atomic E-state index is 13.1. The molecule has 4 rings (SSSR count). The first-order chi connectivity index (χ1) is 13.5. The lowest BCUT2D eigenvalue weighted by Gasteiger charge is -2.10. The van der Waals surface area contributed by atoms with Gasteiger partial charge in [-0.2, -0.15) is 10.2 Å². The van der Waals surface area contributed by atoms with E-state index < -0.39 is 0 Å². The molecule has 1 N–H and O–H groups in total. The number of nitrogens with one attached hydrogen (secondary N) is 1. The highest BCUT2D eigenvalue weighted by atomic mass is 16.1. The Bertz CT molecular complexity index is 1190. The lowest BCUT2D eigenvalue weighted by molar-refractivity contribution is 0.102. The molecule has 3 aromatic heterocycles. The molecule has 0 aliphatic rings. The number of benzene rings is 1. The van der Waals surface area contributed by atoms with Crippen LogP contribution >= 0.6 is 0 Å². The molecule has 7 heteroatoms. The van der Waals surface area contributed by atoms with Gasteiger partial charge in [0.15, 0.2) is 0 Å². The number of pyridine rings is 1. The highest BCUT2D eigenvalue weighted by Crippen LogP contribution is 2.28. The Balaban J connectivity index is 1.83. The molecular formula is C21H22N6O. The number of para-hydroxylation sites is 1. The molecule has 0 spiro atoms. The number of aromatic nitrogens is 5. The molecule has 0 unspecified atom stereocenters. The van der Waals surface area contributed by atoms with E-state index >= 15 is 0 Å². The predicted octanol–water partition coefficient (Wildman–Crippen LogP) is 3.72. The van der Waals surface area contributed by atoms with Gasteiger partial charge in [-0.3, -0.25) is 14.2 Å². The molecule has 7 nitrogen and oxygen atoms in total. The number of anilines is 1. The minimum Gasteiger partial charge on any atom is -0.319 e. The molecule has 3 heterocycles. The zero-order valence-corrected chi connectivity index (χ0v) is 16.4. The zero-order valence-electron chi connectivity index (χ0n) is 16.4. The van der Waals surface area contributed by atoms with Crippen molar-refractivity contribution in [3.8, 4) is 11.3 Å². The Kier molecular flexibility index (Phi) is 4.43. The number of aryl methyl sites for hydroxylation is 2. The normalized spacial score (nSPS) is 11.1. The van der Waals surface area contributed by atoms with Crippen molar-refractivity contribution in [2.45, 2.75) is 27.3 Å². The second-order valence-corrected chi connectivity index (χ2v) is 6.75. The Labute approximate surface area is 163 Å². The second kappa shape index (κ2) is 6.92. The third-order valence-electron chi connectivity index (χ3n) is 5.12. The summed E-state index contributed by atoms with van der Waals surface area (Å²) in [4.78, 5) is 17.9. The molecular weight excluding hydrogens is 352 g/mol. The van der Waals surface area contributed by atoms with Crippen molar-refractivity contribution in [1.82, 2.24) is 24.5 Å². The summed E-state index contributed by atoms with van der Waals surface area (Å²) in [5.74, 6) is -0.184. The van der Waals surface area contributed by atoms with Gasteiger partial charge >= 0.3 is 0 Å². The number of hydrogen-bond acceptors (Lipinski definition) is 4. The predicted molar refractivity (Wildman–Crippen MR) is 109 cm³/mol. The molecule has 1 aromatic carbocycles. The minimum atomic E-state index is -0.184. The van der Waals surface area contributed by atoms with E-state index in [4.69, 9.17) is 4.98 Å². The number of nitrogens with zero attached hydrogens (tertiary/aromatic N) is 5. The molecule has 0 aliphatic heterocycles. The van der Waals surface area contributed by atoms with Crippen LogP contribution in [0.15, 0.2) is 42.7 Å². The maximum atomic E-state index is 13.1. The van der Waals surface area contributed by atoms with Gasteiger partial charge in [0.05, 0.1) is 40.5 Å². The number of carbonyl (C=O) groups is 1. The van der Waals surface area contributed by atoms with Crippen molar-refractivity contribution in [2.24, 2.45) is 7.05 Å². The standard InChI is InChI=1S/C21H22N6O/c1-5-27-13(2)17(11-23-27)19-10-16(15-8-6-7-9-18(15)24-19)21(28)25-20-12-22-26(4)14(20)3/h6-12H,5H2,1-4H3,(H,25,28). The van der Waals surface area contributed by atoms with Gasteiger partial charge in [0.2, 0.25) is 0 Å². The Morgan fingerprint density at radius 3 is 2.57 bits per heavy atom. The van der Waals surface area contributed by atoms with E-state index in [2.05, 4.69) is 15.5 Å². The van der Waals surface area contributed by atoms with Gasteiger partial charge in [0.1, 0.15) is 0 Å². The van der Waals surface area contributed by atoms with Gasteiger partial charge < -0.3 is 5.32 Å². The highest BCUT2D eigenvalue weighted by Gasteiger charge is 2.18. The number of hydrogen-bond donors (Lipinski definition) is 1. The smallest absolute Gasteiger partial charge is 0.256 e. The maximum Gasteiger partial charge on any atom is 0.256 e. The van der Waals surface area contributed by atoms with Crippen LogP contribution in [0.3, 0.4) is 0 Å². The van der Waals surface area contributed by atoms with Gasteiger partial charge in [-0.1, -0.05) is 18.2 Å². The Morgan fingerprint density at radius 2 is 1.89 bits per heavy atom. The zero-order chi connectivity index (χ0) is 19.8. The van der Waals surface area contributed by atoms with Crippen LogP contribution in [0.25, 0.3) is 22.2 Å². The van der Waals surface area contributed by atoms with Crippen LogP contribution in [0, 0.1) is 13.8 Å². The van der Waals surface area contributed by atoms with Crippen LogP contribution in [-0.2, 0) is 13.6 Å². The van der Waals surface area contributed by atoms with Gasteiger partial charge in [0, 0.05) is 30.2 Å². The van der Waals surface area contributed by atoms with Crippen LogP contribution in [0.2, 0.25) is 0 Å². The molecule has 0 atom stereocenters. The number of amides is 1. The Hall–Kier alpha value is -3.48. The topological polar surface area (TPSA) is 77.6 Å². The first-order valence-corrected chi connectivity index (χ1v) is 9.22. The van der Waals surface area contributed by atoms with Crippen LogP contribution in [-0.4, -0.2) is 30.5 Å². The second-order valence-electron chi connectivity index (χ2n) is 6.75. The van der Waals surface area contributed by atoms with E-state index in [0.717, 1.165) is 40.1 Å². The van der Waals surface area contributed by atoms with E-state index in [9.17, 15) is 4.79 Å². The molecule has 28 heavy (non-hydrogen) atoms. The van der Waals surface area contributed by atoms with Crippen LogP contribution < -0.4 is 5.32 Å². The largest absolute Gasteiger partial charge is 0.319 e. The Morgan fingerprint density at radius 1 is 1.11 bits per heavy atom. The molecule has 0 aliphatic carbocycles. The van der Waals surface area contributed by atoms with E-state index in [1.54, 1.807) is 10.9 Å². The van der Waals surface area contributed by atoms with Gasteiger partial charge in [0.25, 0.3) is 5.91 Å². The minimum absolute atomic E-state index is 0.184. The lowest BCUT2D eigenvalue weighted by atomic mass is 10.0. The summed E-state index contributed by atoms with van der Waals surface area (Å²) in [6.45, 7) is 6.77. The summed E-state index contributed by atoms with van der Waals surface area (Å²) in [6.07, 6.45) is 3.47. The van der Waals surface area contributed by atoms with Crippen LogP contribution in [0.1, 0.15) is 28.7 Å². The molecule has 1 amide bonds. The molecule has 0 radical (unpaired) electrons. The monoisotopic (exact) mass is 374 g/mol. The van der Waals surface area contributed by atoms with E-state index in [-0.39, 0.29) is 5.91 Å². The van der Waals surface area contributed by atoms with Crippen LogP contribution in [0.4, 0.5) is 5.69 Å². The third-order valence-corrected chi connectivity index (χ3v) is 5.12. The van der Waals surface area contributed by atoms with Crippen molar-refractivity contribution >= 4 is 22.5 Å². The van der Waals surface area contributed by atoms with Crippen molar-refractivity contribution in [2.75, 3.05) is 5.32 Å². The number of carbonyl (C=O) groups excluding carboxylic acids is 1. The fraction of sp³-hybridized carbons (Fsp3) is 0.238. The van der Waals surface area contributed by atoms with E-state index in [1.165, 1.54) is 0 Å². The van der Waals surface area contributed by atoms with Gasteiger partial charge in [-0.15, -0.1) is 0 Å². The van der Waals surface area contributed by atoms with Crippen molar-refractivity contribution in [3.05, 3.63) is 59.7 Å². The van der Waals surface area contributed by atoms with Gasteiger partial charge in [-0.05, 0) is 32.9 Å². The fourth-order valence-electron chi connectivity index (χ4n) is 3.33. The summed E-state index contributed by atoms with van der Waals surface area (Å²) in [7, 11) is 1.85. The fourth-order valence-corrected chi connectivity index (χ4v) is 3.33. The first kappa shape index (κ1) is 17.9. The summed E-state index contributed by atoms with van der Waals surface area (Å²) in [5.41, 5.74) is 5.64. The molecule has 0 bridgehead atoms. The van der Waals surface area contributed by atoms with E-state index in [0.29, 0.717) is 11.3 Å². The molecule has 0 saturated heterocycles. The summed E-state index contributed by atoms with van der Waals surface area (Å²) >= 11 is 0. The summed E-state index contributed by atoms with van der Waals surface area (Å²) < 4.78 is 3.65. The van der Waals surface area contributed by atoms with Crippen molar-refractivity contribution in [1.29, 1.82) is 0 Å². The molecule has 0 saturated carbocycles. The molecule has 4 aromatic rings. The van der Waals surface area contributed by atoms with Gasteiger partial charge in [-0.25, -0.2) is 4.98 Å². The third kappa shape index (κ3) is 2.94. The SMILES string of the molecule is CCn1ncc(-c2cc(C(=O)Nc3cnn(C)c3C)c3ccccc3n2)c1C. The average Bonchev–Trinajstić information content (AvgIpc) is 3.23. The molecule has 0 fully saturated rings. The molecule has 142 valence electrons. The number of rotatable bonds is 4. The van der Waals surface area contributed by atoms with Crippen molar-refractivity contribution < 1.29 is 4.79 Å². The quantitative estimate of drug-likeness (QED) is 0.590. The van der Waals surface area contributed by atoms with Crippen molar-refractivity contribution in [3.63, 3.8) is 0 Å². The highest BCUT2D eigenvalue weighted by molar-refractivity contribution is 6.13. The lowest BCUT2D eigenvalue weighted by Crippen LogP contribution is -2.13. The van der Waals surface area contributed by atoms with E-state index in [1.807, 2.05) is 69.0 Å². The summed E-state index contributed by atoms with van der Waals surface area (Å²) in [6, 6.07) is 9.52. The first-order valence-electron chi connectivity index (χ1n) is 9.22. The van der Waals surface area contributed by atoms with Crippen LogP contribution in [0.5, 0.6) is 0 Å². The average molecular weight is 374 g/mol. The number of fused-ring (bicyclic) bond motifs is 1.